The lowest BCUT2D eigenvalue weighted by molar-refractivity contribution is 0.519. The fraction of sp³-hybridized carbons (Fsp3) is 0.417. The van der Waals surface area contributed by atoms with Crippen molar-refractivity contribution in [3.8, 4) is 0 Å². The largest absolute Gasteiger partial charge is 0.440 e. The summed E-state index contributed by atoms with van der Waals surface area (Å²) in [6.07, 6.45) is 2.73. The number of fused-ring (bicyclic) bond motifs is 1. The van der Waals surface area contributed by atoms with Gasteiger partial charge in [-0.2, -0.15) is 0 Å². The Balaban J connectivity index is 2.37. The van der Waals surface area contributed by atoms with Gasteiger partial charge >= 0.3 is 0 Å². The normalized spacial score (nSPS) is 11.1. The molecule has 2 aromatic rings. The maximum absolute atomic E-state index is 5.73. The number of aromatic nitrogens is 1. The highest BCUT2D eigenvalue weighted by atomic mass is 16.3. The third kappa shape index (κ3) is 2.02. The lowest BCUT2D eigenvalue weighted by atomic mass is 10.1. The Hall–Kier alpha value is -1.35. The number of benzene rings is 1. The van der Waals surface area contributed by atoms with E-state index < -0.39 is 0 Å². The molecule has 0 spiro atoms. The van der Waals surface area contributed by atoms with Crippen LogP contribution in [-0.2, 0) is 12.8 Å². The van der Waals surface area contributed by atoms with Gasteiger partial charge in [0.05, 0.1) is 0 Å². The topological polar surface area (TPSA) is 52.0 Å². The minimum absolute atomic E-state index is 0.680. The minimum atomic E-state index is 0.680. The van der Waals surface area contributed by atoms with E-state index in [9.17, 15) is 0 Å². The molecule has 0 saturated heterocycles. The van der Waals surface area contributed by atoms with Gasteiger partial charge in [0.15, 0.2) is 11.5 Å². The minimum Gasteiger partial charge on any atom is -0.440 e. The van der Waals surface area contributed by atoms with Crippen LogP contribution in [0.4, 0.5) is 0 Å². The van der Waals surface area contributed by atoms with Crippen molar-refractivity contribution in [2.45, 2.75) is 26.2 Å². The average Bonchev–Trinajstić information content (AvgIpc) is 2.68. The molecule has 0 unspecified atom stereocenters. The Labute approximate surface area is 89.3 Å². The summed E-state index contributed by atoms with van der Waals surface area (Å²) in [7, 11) is 0. The summed E-state index contributed by atoms with van der Waals surface area (Å²) in [5.74, 6) is 0.802. The summed E-state index contributed by atoms with van der Waals surface area (Å²) in [6, 6.07) is 6.10. The first-order valence-corrected chi connectivity index (χ1v) is 5.42. The average molecular weight is 204 g/mol. The molecule has 3 heteroatoms. The fourth-order valence-electron chi connectivity index (χ4n) is 1.69. The highest BCUT2D eigenvalue weighted by Crippen LogP contribution is 2.20. The van der Waals surface area contributed by atoms with Crippen LogP contribution >= 0.6 is 0 Å². The van der Waals surface area contributed by atoms with Crippen LogP contribution in [0.2, 0.25) is 0 Å². The Morgan fingerprint density at radius 2 is 2.27 bits per heavy atom. The van der Waals surface area contributed by atoms with E-state index in [1.807, 2.05) is 12.1 Å². The van der Waals surface area contributed by atoms with E-state index in [4.69, 9.17) is 10.2 Å². The predicted octanol–water partition coefficient (Wildman–Crippen LogP) is 2.28. The van der Waals surface area contributed by atoms with Crippen molar-refractivity contribution in [1.82, 2.24) is 4.98 Å². The maximum atomic E-state index is 5.73. The molecule has 1 aromatic heterocycles. The molecule has 0 bridgehead atoms. The molecular formula is C12H16N2O. The van der Waals surface area contributed by atoms with Crippen molar-refractivity contribution in [2.24, 2.45) is 5.73 Å². The number of rotatable bonds is 4. The van der Waals surface area contributed by atoms with Crippen molar-refractivity contribution in [2.75, 3.05) is 6.54 Å². The number of hydrogen-bond acceptors (Lipinski definition) is 3. The summed E-state index contributed by atoms with van der Waals surface area (Å²) in [5.41, 5.74) is 8.58. The van der Waals surface area contributed by atoms with Crippen LogP contribution in [0, 0.1) is 0 Å². The van der Waals surface area contributed by atoms with E-state index in [-0.39, 0.29) is 0 Å². The molecular weight excluding hydrogens is 188 g/mol. The van der Waals surface area contributed by atoms with Gasteiger partial charge in [0, 0.05) is 6.42 Å². The summed E-state index contributed by atoms with van der Waals surface area (Å²) in [5, 5.41) is 0. The van der Waals surface area contributed by atoms with E-state index in [1.54, 1.807) is 0 Å². The van der Waals surface area contributed by atoms with Gasteiger partial charge in [0.25, 0.3) is 0 Å². The van der Waals surface area contributed by atoms with Gasteiger partial charge in [0.1, 0.15) is 5.52 Å². The Kier molecular flexibility index (Phi) is 3.02. The predicted molar refractivity (Wildman–Crippen MR) is 60.8 cm³/mol. The van der Waals surface area contributed by atoms with Crippen molar-refractivity contribution in [3.63, 3.8) is 0 Å². The van der Waals surface area contributed by atoms with Gasteiger partial charge < -0.3 is 10.2 Å². The zero-order chi connectivity index (χ0) is 10.7. The summed E-state index contributed by atoms with van der Waals surface area (Å²) >= 11 is 0. The van der Waals surface area contributed by atoms with Crippen LogP contribution in [0.5, 0.6) is 0 Å². The zero-order valence-corrected chi connectivity index (χ0v) is 8.99. The first-order valence-electron chi connectivity index (χ1n) is 5.42. The fourth-order valence-corrected chi connectivity index (χ4v) is 1.69. The highest BCUT2D eigenvalue weighted by Gasteiger charge is 2.07. The van der Waals surface area contributed by atoms with Gasteiger partial charge in [-0.15, -0.1) is 0 Å². The standard InChI is InChI=1S/C12H16N2O/c1-2-9-5-3-6-10-12(9)15-11(14-10)7-4-8-13/h3,5-6H,2,4,7-8,13H2,1H3. The molecule has 2 rings (SSSR count). The SMILES string of the molecule is CCc1cccc2nc(CCCN)oc12. The van der Waals surface area contributed by atoms with Crippen LogP contribution in [0.15, 0.2) is 22.6 Å². The van der Waals surface area contributed by atoms with Gasteiger partial charge in [-0.25, -0.2) is 4.98 Å². The lowest BCUT2D eigenvalue weighted by Gasteiger charge is -1.94. The molecule has 15 heavy (non-hydrogen) atoms. The first kappa shape index (κ1) is 10.2. The van der Waals surface area contributed by atoms with E-state index in [0.29, 0.717) is 6.54 Å². The Bertz CT molecular complexity index is 448. The van der Waals surface area contributed by atoms with Gasteiger partial charge in [-0.1, -0.05) is 19.1 Å². The number of oxazole rings is 1. The molecule has 1 heterocycles. The molecule has 80 valence electrons. The molecule has 0 atom stereocenters. The number of nitrogens with zero attached hydrogens (tertiary/aromatic N) is 1. The summed E-state index contributed by atoms with van der Waals surface area (Å²) in [4.78, 5) is 4.44. The number of aryl methyl sites for hydroxylation is 2. The second-order valence-electron chi connectivity index (χ2n) is 3.62. The maximum Gasteiger partial charge on any atom is 0.195 e. The smallest absolute Gasteiger partial charge is 0.195 e. The van der Waals surface area contributed by atoms with E-state index in [0.717, 1.165) is 36.3 Å². The summed E-state index contributed by atoms with van der Waals surface area (Å²) < 4.78 is 5.73. The third-order valence-corrected chi connectivity index (χ3v) is 2.52. The van der Waals surface area contributed by atoms with Gasteiger partial charge in [-0.05, 0) is 31.0 Å². The van der Waals surface area contributed by atoms with Crippen LogP contribution in [0.3, 0.4) is 0 Å². The molecule has 0 aliphatic carbocycles. The molecule has 3 nitrogen and oxygen atoms in total. The van der Waals surface area contributed by atoms with E-state index >= 15 is 0 Å². The number of hydrogen-bond donors (Lipinski definition) is 1. The molecule has 0 radical (unpaired) electrons. The van der Waals surface area contributed by atoms with Gasteiger partial charge in [0.2, 0.25) is 0 Å². The van der Waals surface area contributed by atoms with Crippen LogP contribution in [0.25, 0.3) is 11.1 Å². The van der Waals surface area contributed by atoms with Gasteiger partial charge in [-0.3, -0.25) is 0 Å². The van der Waals surface area contributed by atoms with Crippen LogP contribution < -0.4 is 5.73 Å². The van der Waals surface area contributed by atoms with E-state index in [2.05, 4.69) is 18.0 Å². The monoisotopic (exact) mass is 204 g/mol. The molecule has 2 N–H and O–H groups in total. The second kappa shape index (κ2) is 4.45. The van der Waals surface area contributed by atoms with Crippen molar-refractivity contribution < 1.29 is 4.42 Å². The lowest BCUT2D eigenvalue weighted by Crippen LogP contribution is -2.00. The third-order valence-electron chi connectivity index (χ3n) is 2.52. The molecule has 0 amide bonds. The van der Waals surface area contributed by atoms with Crippen LogP contribution in [-0.4, -0.2) is 11.5 Å². The van der Waals surface area contributed by atoms with Crippen LogP contribution in [0.1, 0.15) is 24.8 Å². The molecule has 1 aromatic carbocycles. The second-order valence-corrected chi connectivity index (χ2v) is 3.62. The molecule has 0 saturated carbocycles. The molecule has 0 aliphatic heterocycles. The van der Waals surface area contributed by atoms with Crippen molar-refractivity contribution in [1.29, 1.82) is 0 Å². The quantitative estimate of drug-likeness (QED) is 0.831. The Morgan fingerprint density at radius 1 is 1.40 bits per heavy atom. The number of para-hydroxylation sites is 1. The zero-order valence-electron chi connectivity index (χ0n) is 8.99. The molecule has 0 fully saturated rings. The Morgan fingerprint density at radius 3 is 3.00 bits per heavy atom. The van der Waals surface area contributed by atoms with Crippen molar-refractivity contribution >= 4 is 11.1 Å². The first-order chi connectivity index (χ1) is 7.35. The highest BCUT2D eigenvalue weighted by molar-refractivity contribution is 5.76. The van der Waals surface area contributed by atoms with Crippen molar-refractivity contribution in [3.05, 3.63) is 29.7 Å². The molecule has 0 aliphatic rings. The number of nitrogens with two attached hydrogens (primary N) is 1. The van der Waals surface area contributed by atoms with E-state index in [1.165, 1.54) is 5.56 Å². The summed E-state index contributed by atoms with van der Waals surface area (Å²) in [6.45, 7) is 2.80.